The summed E-state index contributed by atoms with van der Waals surface area (Å²) in [4.78, 5) is 11.8. The van der Waals surface area contributed by atoms with Crippen molar-refractivity contribution in [2.24, 2.45) is 0 Å². The predicted octanol–water partition coefficient (Wildman–Crippen LogP) is 9.19. The largest absolute Gasteiger partial charge is 0.451 e. The molecule has 0 radical (unpaired) electrons. The van der Waals surface area contributed by atoms with Gasteiger partial charge >= 0.3 is 16.4 Å². The topological polar surface area (TPSA) is 69.7 Å². The summed E-state index contributed by atoms with van der Waals surface area (Å²) in [5, 5.41) is 0. The van der Waals surface area contributed by atoms with Crippen LogP contribution in [0.2, 0.25) is 0 Å². The van der Waals surface area contributed by atoms with Gasteiger partial charge in [-0.25, -0.2) is 4.18 Å². The quantitative estimate of drug-likeness (QED) is 0.104. The van der Waals surface area contributed by atoms with E-state index in [0.717, 1.165) is 25.7 Å². The Bertz CT molecular complexity index is 533. The lowest BCUT2D eigenvalue weighted by atomic mass is 10.1. The van der Waals surface area contributed by atoms with Crippen LogP contribution in [0.3, 0.4) is 0 Å². The predicted molar refractivity (Wildman–Crippen MR) is 143 cm³/mol. The summed E-state index contributed by atoms with van der Waals surface area (Å²) in [5.74, 6) is -0.703. The van der Waals surface area contributed by atoms with E-state index in [-0.39, 0.29) is 13.0 Å². The second-order valence-corrected chi connectivity index (χ2v) is 11.1. The van der Waals surface area contributed by atoms with Crippen molar-refractivity contribution in [3.8, 4) is 0 Å². The minimum atomic E-state index is -4.21. The van der Waals surface area contributed by atoms with Crippen LogP contribution in [0.5, 0.6) is 0 Å². The van der Waals surface area contributed by atoms with Crippen LogP contribution in [0.1, 0.15) is 168 Å². The Morgan fingerprint density at radius 3 is 1.21 bits per heavy atom. The summed E-state index contributed by atoms with van der Waals surface area (Å²) >= 11 is 0. The van der Waals surface area contributed by atoms with Crippen LogP contribution in [0.4, 0.5) is 0 Å². The SMILES string of the molecule is CCCCCCCCCCCCCCOS(=O)(=O)OC(=O)CCCCCCCCCCCCC. The van der Waals surface area contributed by atoms with Crippen molar-refractivity contribution in [3.63, 3.8) is 0 Å². The molecule has 0 saturated heterocycles. The van der Waals surface area contributed by atoms with Crippen LogP contribution < -0.4 is 0 Å². The molecule has 0 unspecified atom stereocenters. The van der Waals surface area contributed by atoms with Crippen molar-refractivity contribution >= 4 is 16.4 Å². The molecule has 0 bridgehead atoms. The third-order valence-electron chi connectivity index (χ3n) is 6.41. The van der Waals surface area contributed by atoms with Gasteiger partial charge < -0.3 is 4.18 Å². The Morgan fingerprint density at radius 1 is 0.500 bits per heavy atom. The molecule has 0 aromatic carbocycles. The van der Waals surface area contributed by atoms with E-state index in [1.165, 1.54) is 109 Å². The molecule has 0 rings (SSSR count). The van der Waals surface area contributed by atoms with E-state index in [2.05, 4.69) is 18.0 Å². The summed E-state index contributed by atoms with van der Waals surface area (Å²) in [7, 11) is -4.21. The lowest BCUT2D eigenvalue weighted by Crippen LogP contribution is -2.16. The second kappa shape index (κ2) is 25.5. The molecule has 5 nitrogen and oxygen atoms in total. The zero-order chi connectivity index (χ0) is 25.2. The molecule has 0 heterocycles. The molecule has 34 heavy (non-hydrogen) atoms. The molecule has 0 spiro atoms. The summed E-state index contributed by atoms with van der Waals surface area (Å²) in [6.45, 7) is 4.57. The molecule has 0 aliphatic rings. The van der Waals surface area contributed by atoms with E-state index >= 15 is 0 Å². The van der Waals surface area contributed by atoms with Crippen LogP contribution in [0.25, 0.3) is 0 Å². The first-order valence-electron chi connectivity index (χ1n) is 14.6. The Morgan fingerprint density at radius 2 is 0.824 bits per heavy atom. The van der Waals surface area contributed by atoms with Gasteiger partial charge in [0.25, 0.3) is 0 Å². The lowest BCUT2D eigenvalue weighted by molar-refractivity contribution is -0.134. The molecule has 204 valence electrons. The number of unbranched alkanes of at least 4 members (excludes halogenated alkanes) is 21. The first-order valence-corrected chi connectivity index (χ1v) is 16.0. The van der Waals surface area contributed by atoms with Gasteiger partial charge in [0.05, 0.1) is 6.61 Å². The fourth-order valence-electron chi connectivity index (χ4n) is 4.22. The van der Waals surface area contributed by atoms with Crippen molar-refractivity contribution in [1.29, 1.82) is 0 Å². The zero-order valence-corrected chi connectivity index (χ0v) is 23.4. The maximum atomic E-state index is 11.8. The molecule has 0 amide bonds. The number of carbonyl (C=O) groups excluding carboxylic acids is 1. The maximum absolute atomic E-state index is 11.8. The highest BCUT2D eigenvalue weighted by Crippen LogP contribution is 2.14. The van der Waals surface area contributed by atoms with Gasteiger partial charge in [0.15, 0.2) is 0 Å². The molecule has 0 fully saturated rings. The molecule has 0 aromatic rings. The average molecular weight is 505 g/mol. The maximum Gasteiger partial charge on any atom is 0.451 e. The summed E-state index contributed by atoms with van der Waals surface area (Å²) < 4.78 is 32.9. The average Bonchev–Trinajstić information content (AvgIpc) is 2.80. The molecule has 0 saturated carbocycles. The number of hydrogen-bond acceptors (Lipinski definition) is 5. The Labute approximate surface area is 212 Å². The van der Waals surface area contributed by atoms with Gasteiger partial charge in [-0.2, -0.15) is 8.42 Å². The van der Waals surface area contributed by atoms with Gasteiger partial charge in [-0.3, -0.25) is 4.79 Å². The molecule has 0 N–H and O–H groups in total. The fraction of sp³-hybridized carbons (Fsp3) is 0.964. The zero-order valence-electron chi connectivity index (χ0n) is 22.6. The Kier molecular flexibility index (Phi) is 25.0. The van der Waals surface area contributed by atoms with Crippen LogP contribution in [-0.4, -0.2) is 21.0 Å². The fourth-order valence-corrected chi connectivity index (χ4v) is 4.90. The van der Waals surface area contributed by atoms with Gasteiger partial charge in [-0.1, -0.05) is 149 Å². The highest BCUT2D eigenvalue weighted by molar-refractivity contribution is 7.82. The summed E-state index contributed by atoms with van der Waals surface area (Å²) in [6.07, 6.45) is 27.7. The van der Waals surface area contributed by atoms with Gasteiger partial charge in [0.2, 0.25) is 0 Å². The smallest absolute Gasteiger partial charge is 0.325 e. The summed E-state index contributed by atoms with van der Waals surface area (Å²) in [6, 6.07) is 0. The highest BCUT2D eigenvalue weighted by atomic mass is 32.3. The highest BCUT2D eigenvalue weighted by Gasteiger charge is 2.17. The molecule has 0 atom stereocenters. The second-order valence-electron chi connectivity index (χ2n) is 9.86. The lowest BCUT2D eigenvalue weighted by Gasteiger charge is -2.06. The number of carbonyl (C=O) groups is 1. The minimum absolute atomic E-state index is 0.0888. The van der Waals surface area contributed by atoms with Gasteiger partial charge in [0, 0.05) is 6.42 Å². The molecule has 0 aliphatic heterocycles. The van der Waals surface area contributed by atoms with Crippen molar-refractivity contribution in [2.75, 3.05) is 6.61 Å². The van der Waals surface area contributed by atoms with E-state index < -0.39 is 16.4 Å². The minimum Gasteiger partial charge on any atom is -0.325 e. The van der Waals surface area contributed by atoms with E-state index in [0.29, 0.717) is 12.8 Å². The van der Waals surface area contributed by atoms with Crippen LogP contribution in [-0.2, 0) is 23.6 Å². The normalized spacial score (nSPS) is 11.7. The van der Waals surface area contributed by atoms with E-state index in [4.69, 9.17) is 4.18 Å². The molecular weight excluding hydrogens is 448 g/mol. The third-order valence-corrected chi connectivity index (χ3v) is 7.25. The molecule has 0 aliphatic carbocycles. The van der Waals surface area contributed by atoms with Crippen LogP contribution in [0.15, 0.2) is 0 Å². The first-order chi connectivity index (χ1) is 16.5. The molecular formula is C28H56O5S. The first kappa shape index (κ1) is 33.4. The van der Waals surface area contributed by atoms with Crippen molar-refractivity contribution in [2.45, 2.75) is 168 Å². The third kappa shape index (κ3) is 26.0. The molecule has 6 heteroatoms. The number of rotatable bonds is 27. The Hall–Kier alpha value is -0.620. The number of hydrogen-bond donors (Lipinski definition) is 0. The van der Waals surface area contributed by atoms with Crippen LogP contribution >= 0.6 is 0 Å². The van der Waals surface area contributed by atoms with E-state index in [1.807, 2.05) is 0 Å². The van der Waals surface area contributed by atoms with E-state index in [9.17, 15) is 13.2 Å². The summed E-state index contributed by atoms with van der Waals surface area (Å²) in [5.41, 5.74) is 0. The van der Waals surface area contributed by atoms with Crippen molar-refractivity contribution in [3.05, 3.63) is 0 Å². The van der Waals surface area contributed by atoms with Crippen molar-refractivity contribution in [1.82, 2.24) is 0 Å². The van der Waals surface area contributed by atoms with E-state index in [1.54, 1.807) is 0 Å². The molecule has 0 aromatic heterocycles. The van der Waals surface area contributed by atoms with Gasteiger partial charge in [0.1, 0.15) is 0 Å². The Balaban J connectivity index is 3.46. The van der Waals surface area contributed by atoms with Gasteiger partial charge in [-0.15, -0.1) is 0 Å². The van der Waals surface area contributed by atoms with Crippen LogP contribution in [0, 0.1) is 0 Å². The van der Waals surface area contributed by atoms with Gasteiger partial charge in [-0.05, 0) is 12.8 Å². The monoisotopic (exact) mass is 504 g/mol. The standard InChI is InChI=1S/C28H56O5S/c1-3-5-7-9-11-13-15-17-19-21-23-25-27-32-34(30,31)33-28(29)26-24-22-20-18-16-14-12-10-8-6-4-2/h3-27H2,1-2H3. The van der Waals surface area contributed by atoms with Crippen molar-refractivity contribution < 1.29 is 21.6 Å².